The summed E-state index contributed by atoms with van der Waals surface area (Å²) in [5, 5.41) is 0. The molecule has 3 nitrogen and oxygen atoms in total. The summed E-state index contributed by atoms with van der Waals surface area (Å²) in [6.07, 6.45) is 0.580. The second-order valence-corrected chi connectivity index (χ2v) is 2.76. The molecule has 0 atom stereocenters. The zero-order chi connectivity index (χ0) is 9.26. The third-order valence-electron chi connectivity index (χ3n) is 1.75. The van der Waals surface area contributed by atoms with Gasteiger partial charge < -0.3 is 10.2 Å². The van der Waals surface area contributed by atoms with Crippen LogP contribution in [0.1, 0.15) is 5.89 Å². The van der Waals surface area contributed by atoms with Crippen LogP contribution in [-0.4, -0.2) is 11.5 Å². The molecule has 0 radical (unpaired) electrons. The predicted molar refractivity (Wildman–Crippen MR) is 46.7 cm³/mol. The Morgan fingerprint density at radius 3 is 3.08 bits per heavy atom. The van der Waals surface area contributed by atoms with E-state index in [1.807, 2.05) is 0 Å². The smallest absolute Gasteiger partial charge is 0.196 e. The van der Waals surface area contributed by atoms with Crippen LogP contribution in [0.2, 0.25) is 0 Å². The van der Waals surface area contributed by atoms with Gasteiger partial charge in [0.15, 0.2) is 11.5 Å². The normalized spacial score (nSPS) is 10.9. The first-order valence-corrected chi connectivity index (χ1v) is 4.04. The van der Waals surface area contributed by atoms with Crippen LogP contribution in [-0.2, 0) is 6.42 Å². The SMILES string of the molecule is NCCc1nc2ccc(F)cc2o1. The maximum Gasteiger partial charge on any atom is 0.196 e. The maximum atomic E-state index is 12.7. The van der Waals surface area contributed by atoms with E-state index in [2.05, 4.69) is 4.98 Å². The van der Waals surface area contributed by atoms with E-state index in [9.17, 15) is 4.39 Å². The molecule has 0 spiro atoms. The molecule has 1 heterocycles. The van der Waals surface area contributed by atoms with E-state index in [-0.39, 0.29) is 5.82 Å². The van der Waals surface area contributed by atoms with Crippen molar-refractivity contribution >= 4 is 11.1 Å². The van der Waals surface area contributed by atoms with Gasteiger partial charge in [-0.2, -0.15) is 0 Å². The van der Waals surface area contributed by atoms with Crippen LogP contribution in [0.4, 0.5) is 4.39 Å². The Morgan fingerprint density at radius 1 is 1.46 bits per heavy atom. The Hall–Kier alpha value is -1.42. The zero-order valence-electron chi connectivity index (χ0n) is 6.96. The fraction of sp³-hybridized carbons (Fsp3) is 0.222. The van der Waals surface area contributed by atoms with Gasteiger partial charge in [-0.25, -0.2) is 9.37 Å². The van der Waals surface area contributed by atoms with Gasteiger partial charge in [-0.15, -0.1) is 0 Å². The van der Waals surface area contributed by atoms with E-state index in [4.69, 9.17) is 10.2 Å². The molecule has 0 saturated carbocycles. The van der Waals surface area contributed by atoms with Crippen LogP contribution >= 0.6 is 0 Å². The second kappa shape index (κ2) is 3.14. The molecule has 0 aliphatic heterocycles. The Kier molecular flexibility index (Phi) is 1.98. The summed E-state index contributed by atoms with van der Waals surface area (Å²) in [5.41, 5.74) is 6.48. The quantitative estimate of drug-likeness (QED) is 0.761. The lowest BCUT2D eigenvalue weighted by atomic mass is 10.3. The summed E-state index contributed by atoms with van der Waals surface area (Å²) in [4.78, 5) is 4.13. The third kappa shape index (κ3) is 1.53. The highest BCUT2D eigenvalue weighted by Gasteiger charge is 2.04. The predicted octanol–water partition coefficient (Wildman–Crippen LogP) is 1.47. The van der Waals surface area contributed by atoms with Crippen LogP contribution in [0.3, 0.4) is 0 Å². The molecule has 13 heavy (non-hydrogen) atoms. The van der Waals surface area contributed by atoms with Crippen LogP contribution in [0.15, 0.2) is 22.6 Å². The van der Waals surface area contributed by atoms with Crippen molar-refractivity contribution in [2.45, 2.75) is 6.42 Å². The summed E-state index contributed by atoms with van der Waals surface area (Å²) in [5.74, 6) is 0.242. The van der Waals surface area contributed by atoms with Gasteiger partial charge in [0, 0.05) is 19.0 Å². The molecule has 0 aliphatic rings. The molecule has 0 saturated heterocycles. The summed E-state index contributed by atoms with van der Waals surface area (Å²) in [6, 6.07) is 4.27. The second-order valence-electron chi connectivity index (χ2n) is 2.76. The number of nitrogens with two attached hydrogens (primary N) is 1. The highest BCUT2D eigenvalue weighted by Crippen LogP contribution is 2.16. The monoisotopic (exact) mass is 180 g/mol. The molecular weight excluding hydrogens is 171 g/mol. The minimum atomic E-state index is -0.317. The molecule has 0 unspecified atom stereocenters. The molecule has 1 aromatic carbocycles. The Labute approximate surface area is 74.4 Å². The molecule has 0 aliphatic carbocycles. The first kappa shape index (κ1) is 8.19. The van der Waals surface area contributed by atoms with Crippen molar-refractivity contribution < 1.29 is 8.81 Å². The van der Waals surface area contributed by atoms with Crippen LogP contribution in [0.25, 0.3) is 11.1 Å². The first-order chi connectivity index (χ1) is 6.29. The molecule has 1 aromatic heterocycles. The van der Waals surface area contributed by atoms with E-state index in [1.54, 1.807) is 6.07 Å². The molecule has 68 valence electrons. The molecule has 2 N–H and O–H groups in total. The van der Waals surface area contributed by atoms with Gasteiger partial charge in [0.05, 0.1) is 0 Å². The van der Waals surface area contributed by atoms with Gasteiger partial charge >= 0.3 is 0 Å². The van der Waals surface area contributed by atoms with Crippen molar-refractivity contribution in [2.75, 3.05) is 6.54 Å². The molecule has 0 fully saturated rings. The van der Waals surface area contributed by atoms with Gasteiger partial charge in [-0.1, -0.05) is 0 Å². The Balaban J connectivity index is 2.49. The molecule has 0 amide bonds. The number of fused-ring (bicyclic) bond motifs is 1. The summed E-state index contributed by atoms with van der Waals surface area (Å²) in [6.45, 7) is 0.481. The molecular formula is C9H9FN2O. The topological polar surface area (TPSA) is 52.0 Å². The van der Waals surface area contributed by atoms with Crippen molar-refractivity contribution in [1.82, 2.24) is 4.98 Å². The number of halogens is 1. The summed E-state index contributed by atoms with van der Waals surface area (Å²) in [7, 11) is 0. The van der Waals surface area contributed by atoms with E-state index in [0.29, 0.717) is 30.0 Å². The van der Waals surface area contributed by atoms with Gasteiger partial charge in [0.2, 0.25) is 0 Å². The van der Waals surface area contributed by atoms with E-state index in [1.165, 1.54) is 12.1 Å². The number of nitrogens with zero attached hydrogens (tertiary/aromatic N) is 1. The average Bonchev–Trinajstić information content (AvgIpc) is 2.46. The standard InChI is InChI=1S/C9H9FN2O/c10-6-1-2-7-8(5-6)13-9(12-7)3-4-11/h1-2,5H,3-4,11H2. The Bertz CT molecular complexity index is 424. The van der Waals surface area contributed by atoms with Crippen LogP contribution < -0.4 is 5.73 Å². The lowest BCUT2D eigenvalue weighted by Crippen LogP contribution is -2.02. The van der Waals surface area contributed by atoms with Crippen molar-refractivity contribution in [2.24, 2.45) is 5.73 Å². The number of hydrogen-bond donors (Lipinski definition) is 1. The van der Waals surface area contributed by atoms with Crippen LogP contribution in [0.5, 0.6) is 0 Å². The highest BCUT2D eigenvalue weighted by molar-refractivity contribution is 5.72. The van der Waals surface area contributed by atoms with E-state index >= 15 is 0 Å². The number of oxazole rings is 1. The lowest BCUT2D eigenvalue weighted by molar-refractivity contribution is 0.528. The lowest BCUT2D eigenvalue weighted by Gasteiger charge is -1.86. The molecule has 0 bridgehead atoms. The van der Waals surface area contributed by atoms with Crippen molar-refractivity contribution in [3.8, 4) is 0 Å². The number of benzene rings is 1. The molecule has 2 rings (SSSR count). The summed E-state index contributed by atoms with van der Waals surface area (Å²) < 4.78 is 18.0. The number of aromatic nitrogens is 1. The van der Waals surface area contributed by atoms with Gasteiger partial charge in [0.25, 0.3) is 0 Å². The first-order valence-electron chi connectivity index (χ1n) is 4.04. The Morgan fingerprint density at radius 2 is 2.31 bits per heavy atom. The largest absolute Gasteiger partial charge is 0.441 e. The third-order valence-corrected chi connectivity index (χ3v) is 1.75. The zero-order valence-corrected chi connectivity index (χ0v) is 6.96. The maximum absolute atomic E-state index is 12.7. The minimum Gasteiger partial charge on any atom is -0.441 e. The van der Waals surface area contributed by atoms with Gasteiger partial charge in [-0.05, 0) is 12.1 Å². The highest BCUT2D eigenvalue weighted by atomic mass is 19.1. The number of hydrogen-bond acceptors (Lipinski definition) is 3. The molecule has 2 aromatic rings. The minimum absolute atomic E-state index is 0.317. The van der Waals surface area contributed by atoms with Gasteiger partial charge in [0.1, 0.15) is 11.3 Å². The fourth-order valence-corrected chi connectivity index (χ4v) is 1.18. The van der Waals surface area contributed by atoms with Gasteiger partial charge in [-0.3, -0.25) is 0 Å². The molecule has 4 heteroatoms. The van der Waals surface area contributed by atoms with E-state index < -0.39 is 0 Å². The van der Waals surface area contributed by atoms with Crippen molar-refractivity contribution in [1.29, 1.82) is 0 Å². The van der Waals surface area contributed by atoms with Crippen molar-refractivity contribution in [3.05, 3.63) is 29.9 Å². The van der Waals surface area contributed by atoms with E-state index in [0.717, 1.165) is 0 Å². The van der Waals surface area contributed by atoms with Crippen LogP contribution in [0, 0.1) is 5.82 Å². The summed E-state index contributed by atoms with van der Waals surface area (Å²) >= 11 is 0. The van der Waals surface area contributed by atoms with Crippen molar-refractivity contribution in [3.63, 3.8) is 0 Å². The number of rotatable bonds is 2. The average molecular weight is 180 g/mol. The fourth-order valence-electron chi connectivity index (χ4n) is 1.18.